The van der Waals surface area contributed by atoms with Crippen molar-refractivity contribution in [1.82, 2.24) is 4.90 Å². The molecule has 1 amide bonds. The van der Waals surface area contributed by atoms with Gasteiger partial charge in [0.2, 0.25) is 0 Å². The minimum absolute atomic E-state index is 0.123. The fourth-order valence-corrected chi connectivity index (χ4v) is 1.93. The van der Waals surface area contributed by atoms with Crippen molar-refractivity contribution in [2.45, 2.75) is 26.8 Å². The molecule has 0 saturated carbocycles. The van der Waals surface area contributed by atoms with Crippen LogP contribution in [0.2, 0.25) is 0 Å². The van der Waals surface area contributed by atoms with Crippen molar-refractivity contribution in [2.24, 2.45) is 0 Å². The Hall–Kier alpha value is -2.24. The van der Waals surface area contributed by atoms with Crippen LogP contribution in [0.5, 0.6) is 5.75 Å². The van der Waals surface area contributed by atoms with Gasteiger partial charge in [-0.1, -0.05) is 6.07 Å². The molecule has 0 atom stereocenters. The van der Waals surface area contributed by atoms with Gasteiger partial charge in [0.1, 0.15) is 17.9 Å². The van der Waals surface area contributed by atoms with Gasteiger partial charge in [-0.05, 0) is 32.9 Å². The van der Waals surface area contributed by atoms with E-state index in [1.165, 1.54) is 12.0 Å². The summed E-state index contributed by atoms with van der Waals surface area (Å²) in [5.41, 5.74) is 6.46. The molecule has 0 heterocycles. The first-order valence-electron chi connectivity index (χ1n) is 6.81. The number of nitrogens with zero attached hydrogens (tertiary/aromatic N) is 1. The van der Waals surface area contributed by atoms with Crippen molar-refractivity contribution < 1.29 is 19.1 Å². The number of hydrogen-bond donors (Lipinski definition) is 1. The first-order chi connectivity index (χ1) is 9.92. The Morgan fingerprint density at radius 2 is 2.00 bits per heavy atom. The summed E-state index contributed by atoms with van der Waals surface area (Å²) in [7, 11) is 1.47. The van der Waals surface area contributed by atoms with Gasteiger partial charge in [-0.15, -0.1) is 0 Å². The molecule has 0 radical (unpaired) electrons. The maximum atomic E-state index is 12.7. The zero-order valence-corrected chi connectivity index (χ0v) is 12.9. The van der Waals surface area contributed by atoms with Gasteiger partial charge in [-0.3, -0.25) is 9.59 Å². The minimum Gasteiger partial charge on any atom is -0.496 e. The molecular formula is C15H22N2O4. The third kappa shape index (κ3) is 4.11. The van der Waals surface area contributed by atoms with Gasteiger partial charge in [0, 0.05) is 11.7 Å². The van der Waals surface area contributed by atoms with Crippen LogP contribution < -0.4 is 10.5 Å². The van der Waals surface area contributed by atoms with E-state index in [-0.39, 0.29) is 30.7 Å². The summed E-state index contributed by atoms with van der Waals surface area (Å²) in [6.07, 6.45) is 0. The lowest BCUT2D eigenvalue weighted by molar-refractivity contribution is -0.144. The first-order valence-corrected chi connectivity index (χ1v) is 6.81. The Labute approximate surface area is 124 Å². The van der Waals surface area contributed by atoms with Crippen LogP contribution in [0.3, 0.4) is 0 Å². The van der Waals surface area contributed by atoms with Gasteiger partial charge in [0.05, 0.1) is 13.7 Å². The average molecular weight is 294 g/mol. The average Bonchev–Trinajstić information content (AvgIpc) is 2.43. The van der Waals surface area contributed by atoms with E-state index in [0.717, 1.165) is 0 Å². The maximum absolute atomic E-state index is 12.7. The van der Waals surface area contributed by atoms with Crippen LogP contribution in [0.15, 0.2) is 18.2 Å². The number of hydrogen-bond acceptors (Lipinski definition) is 5. The lowest BCUT2D eigenvalue weighted by atomic mass is 10.1. The number of nitrogens with two attached hydrogens (primary N) is 1. The van der Waals surface area contributed by atoms with Crippen molar-refractivity contribution in [3.05, 3.63) is 23.8 Å². The number of ether oxygens (including phenoxy) is 2. The van der Waals surface area contributed by atoms with E-state index in [1.54, 1.807) is 25.1 Å². The van der Waals surface area contributed by atoms with Gasteiger partial charge in [0.25, 0.3) is 5.91 Å². The Bertz CT molecular complexity index is 514. The van der Waals surface area contributed by atoms with E-state index in [4.69, 9.17) is 15.2 Å². The number of nitrogen functional groups attached to an aromatic ring is 1. The van der Waals surface area contributed by atoms with Crippen molar-refractivity contribution in [2.75, 3.05) is 26.0 Å². The molecule has 0 fully saturated rings. The predicted molar refractivity (Wildman–Crippen MR) is 80.2 cm³/mol. The number of methoxy groups -OCH3 is 1. The van der Waals surface area contributed by atoms with E-state index in [0.29, 0.717) is 11.4 Å². The van der Waals surface area contributed by atoms with Crippen LogP contribution in [0, 0.1) is 0 Å². The van der Waals surface area contributed by atoms with Crippen molar-refractivity contribution in [3.8, 4) is 5.75 Å². The highest BCUT2D eigenvalue weighted by Crippen LogP contribution is 2.26. The van der Waals surface area contributed by atoms with Crippen LogP contribution in [0.25, 0.3) is 0 Å². The molecule has 1 rings (SSSR count). The molecule has 1 aromatic rings. The number of amides is 1. The number of carbonyl (C=O) groups excluding carboxylic acids is 2. The topological polar surface area (TPSA) is 81.9 Å². The summed E-state index contributed by atoms with van der Waals surface area (Å²) < 4.78 is 10.1. The summed E-state index contributed by atoms with van der Waals surface area (Å²) in [6.45, 7) is 5.51. The van der Waals surface area contributed by atoms with Crippen LogP contribution in [0.1, 0.15) is 31.1 Å². The van der Waals surface area contributed by atoms with E-state index in [9.17, 15) is 9.59 Å². The number of benzene rings is 1. The minimum atomic E-state index is -0.451. The number of rotatable bonds is 6. The SMILES string of the molecule is CCOC(=O)CN(C(=O)c1c(N)cccc1OC)C(C)C. The highest BCUT2D eigenvalue weighted by Gasteiger charge is 2.26. The van der Waals surface area contributed by atoms with Crippen LogP contribution in [0.4, 0.5) is 5.69 Å². The van der Waals surface area contributed by atoms with Crippen molar-refractivity contribution in [3.63, 3.8) is 0 Å². The Morgan fingerprint density at radius 3 is 2.52 bits per heavy atom. The van der Waals surface area contributed by atoms with Gasteiger partial charge in [0.15, 0.2) is 0 Å². The monoisotopic (exact) mass is 294 g/mol. The molecule has 2 N–H and O–H groups in total. The standard InChI is InChI=1S/C15H22N2O4/c1-5-21-13(18)9-17(10(2)3)15(19)14-11(16)7-6-8-12(14)20-4/h6-8,10H,5,9,16H2,1-4H3. The molecule has 1 aromatic carbocycles. The molecule has 0 unspecified atom stereocenters. The van der Waals surface area contributed by atoms with Gasteiger partial charge in [-0.25, -0.2) is 0 Å². The second-order valence-electron chi connectivity index (χ2n) is 4.76. The lowest BCUT2D eigenvalue weighted by Gasteiger charge is -2.27. The molecule has 6 heteroatoms. The Balaban J connectivity index is 3.10. The highest BCUT2D eigenvalue weighted by atomic mass is 16.5. The molecule has 0 aliphatic rings. The van der Waals surface area contributed by atoms with E-state index >= 15 is 0 Å². The number of anilines is 1. The van der Waals surface area contributed by atoms with Crippen LogP contribution in [-0.2, 0) is 9.53 Å². The second-order valence-corrected chi connectivity index (χ2v) is 4.76. The summed E-state index contributed by atoms with van der Waals surface area (Å²) >= 11 is 0. The Kier molecular flexibility index (Phi) is 6.02. The summed E-state index contributed by atoms with van der Waals surface area (Å²) in [5, 5.41) is 0. The molecule has 116 valence electrons. The van der Waals surface area contributed by atoms with Gasteiger partial charge >= 0.3 is 5.97 Å². The normalized spacial score (nSPS) is 10.3. The summed E-state index contributed by atoms with van der Waals surface area (Å²) in [5.74, 6) is -0.421. The van der Waals surface area contributed by atoms with E-state index in [1.807, 2.05) is 13.8 Å². The third-order valence-electron chi connectivity index (χ3n) is 2.98. The van der Waals surface area contributed by atoms with Gasteiger partial charge in [-0.2, -0.15) is 0 Å². The smallest absolute Gasteiger partial charge is 0.325 e. The fourth-order valence-electron chi connectivity index (χ4n) is 1.93. The van der Waals surface area contributed by atoms with Crippen molar-refractivity contribution >= 4 is 17.6 Å². The zero-order chi connectivity index (χ0) is 16.0. The highest BCUT2D eigenvalue weighted by molar-refractivity contribution is 6.03. The Morgan fingerprint density at radius 1 is 1.33 bits per heavy atom. The molecule has 0 bridgehead atoms. The number of esters is 1. The summed E-state index contributed by atoms with van der Waals surface area (Å²) in [4.78, 5) is 25.7. The van der Waals surface area contributed by atoms with Crippen LogP contribution in [-0.4, -0.2) is 43.1 Å². The number of carbonyl (C=O) groups is 2. The fraction of sp³-hybridized carbons (Fsp3) is 0.467. The second kappa shape index (κ2) is 7.52. The first kappa shape index (κ1) is 16.8. The van der Waals surface area contributed by atoms with Gasteiger partial charge < -0.3 is 20.1 Å². The van der Waals surface area contributed by atoms with E-state index < -0.39 is 5.97 Å². The molecule has 6 nitrogen and oxygen atoms in total. The molecular weight excluding hydrogens is 272 g/mol. The lowest BCUT2D eigenvalue weighted by Crippen LogP contribution is -2.41. The maximum Gasteiger partial charge on any atom is 0.325 e. The molecule has 21 heavy (non-hydrogen) atoms. The molecule has 0 aliphatic heterocycles. The van der Waals surface area contributed by atoms with E-state index in [2.05, 4.69) is 0 Å². The predicted octanol–water partition coefficient (Wildman–Crippen LogP) is 1.69. The molecule has 0 aliphatic carbocycles. The zero-order valence-electron chi connectivity index (χ0n) is 12.9. The molecule has 0 spiro atoms. The quantitative estimate of drug-likeness (QED) is 0.638. The van der Waals surface area contributed by atoms with Crippen LogP contribution >= 0.6 is 0 Å². The summed E-state index contributed by atoms with van der Waals surface area (Å²) in [6, 6.07) is 4.81. The third-order valence-corrected chi connectivity index (χ3v) is 2.98. The molecule has 0 aromatic heterocycles. The molecule has 0 saturated heterocycles. The van der Waals surface area contributed by atoms with Crippen molar-refractivity contribution in [1.29, 1.82) is 0 Å². The largest absolute Gasteiger partial charge is 0.496 e.